The third kappa shape index (κ3) is 4.54. The number of likely N-dealkylation sites (tertiary alicyclic amines) is 1. The van der Waals surface area contributed by atoms with Gasteiger partial charge in [-0.2, -0.15) is 0 Å². The fourth-order valence-electron chi connectivity index (χ4n) is 2.10. The highest BCUT2D eigenvalue weighted by Crippen LogP contribution is 2.14. The number of rotatable bonds is 4. The lowest BCUT2D eigenvalue weighted by atomic mass is 10.2. The van der Waals surface area contributed by atoms with E-state index in [0.29, 0.717) is 13.2 Å². The highest BCUT2D eigenvalue weighted by Gasteiger charge is 2.21. The van der Waals surface area contributed by atoms with Gasteiger partial charge in [-0.15, -0.1) is 12.4 Å². The zero-order valence-electron chi connectivity index (χ0n) is 11.6. The minimum absolute atomic E-state index is 0. The molecule has 0 saturated carbocycles. The van der Waals surface area contributed by atoms with E-state index in [2.05, 4.69) is 0 Å². The molecular formula is C15H21ClN2O2. The number of hydrogen-bond donors (Lipinski definition) is 1. The number of halogens is 1. The number of hydrogen-bond acceptors (Lipinski definition) is 3. The topological polar surface area (TPSA) is 55.6 Å². The van der Waals surface area contributed by atoms with Gasteiger partial charge >= 0.3 is 0 Å². The maximum atomic E-state index is 11.9. The quantitative estimate of drug-likeness (QED) is 0.866. The molecule has 1 atom stereocenters. The van der Waals surface area contributed by atoms with Gasteiger partial charge in [-0.05, 0) is 37.1 Å². The van der Waals surface area contributed by atoms with Crippen molar-refractivity contribution in [3.8, 4) is 5.75 Å². The first-order valence-electron chi connectivity index (χ1n) is 6.64. The molecule has 2 rings (SSSR count). The zero-order chi connectivity index (χ0) is 13.7. The second-order valence-corrected chi connectivity index (χ2v) is 4.67. The number of amides is 1. The molecule has 1 aliphatic heterocycles. The van der Waals surface area contributed by atoms with Crippen LogP contribution in [-0.4, -0.2) is 36.5 Å². The Labute approximate surface area is 126 Å². The van der Waals surface area contributed by atoms with Crippen LogP contribution in [0.1, 0.15) is 18.9 Å². The Bertz CT molecular complexity index is 459. The van der Waals surface area contributed by atoms with Crippen molar-refractivity contribution in [3.05, 3.63) is 35.9 Å². The molecule has 5 heteroatoms. The molecule has 1 saturated heterocycles. The summed E-state index contributed by atoms with van der Waals surface area (Å²) < 4.78 is 5.37. The average molecular weight is 297 g/mol. The van der Waals surface area contributed by atoms with Crippen molar-refractivity contribution in [2.45, 2.75) is 19.4 Å². The van der Waals surface area contributed by atoms with Gasteiger partial charge in [0, 0.05) is 25.2 Å². The van der Waals surface area contributed by atoms with E-state index in [1.807, 2.05) is 37.3 Å². The Morgan fingerprint density at radius 2 is 2.15 bits per heavy atom. The number of ether oxygens (including phenoxy) is 1. The van der Waals surface area contributed by atoms with Gasteiger partial charge in [0.05, 0.1) is 6.61 Å². The van der Waals surface area contributed by atoms with Crippen LogP contribution in [0, 0.1) is 0 Å². The molecule has 110 valence electrons. The Hall–Kier alpha value is -1.52. The van der Waals surface area contributed by atoms with Crippen molar-refractivity contribution in [1.82, 2.24) is 4.90 Å². The van der Waals surface area contributed by atoms with Gasteiger partial charge in [0.25, 0.3) is 0 Å². The molecule has 0 spiro atoms. The van der Waals surface area contributed by atoms with E-state index < -0.39 is 0 Å². The van der Waals surface area contributed by atoms with Crippen LogP contribution < -0.4 is 10.5 Å². The highest BCUT2D eigenvalue weighted by atomic mass is 35.5. The monoisotopic (exact) mass is 296 g/mol. The molecule has 4 nitrogen and oxygen atoms in total. The number of nitrogens with zero attached hydrogens (tertiary/aromatic N) is 1. The number of nitrogens with two attached hydrogens (primary N) is 1. The molecule has 0 bridgehead atoms. The molecule has 1 unspecified atom stereocenters. The van der Waals surface area contributed by atoms with Crippen molar-refractivity contribution in [2.24, 2.45) is 5.73 Å². The van der Waals surface area contributed by atoms with Crippen molar-refractivity contribution in [2.75, 3.05) is 19.7 Å². The minimum Gasteiger partial charge on any atom is -0.494 e. The van der Waals surface area contributed by atoms with E-state index in [9.17, 15) is 4.79 Å². The van der Waals surface area contributed by atoms with E-state index in [0.717, 1.165) is 24.3 Å². The van der Waals surface area contributed by atoms with Crippen molar-refractivity contribution in [1.29, 1.82) is 0 Å². The molecule has 1 aromatic rings. The van der Waals surface area contributed by atoms with Crippen LogP contribution in [-0.2, 0) is 4.79 Å². The van der Waals surface area contributed by atoms with Crippen LogP contribution in [0.5, 0.6) is 5.75 Å². The summed E-state index contributed by atoms with van der Waals surface area (Å²) in [6.07, 6.45) is 4.32. The average Bonchev–Trinajstić information content (AvgIpc) is 2.85. The predicted molar refractivity (Wildman–Crippen MR) is 83.1 cm³/mol. The number of carbonyl (C=O) groups is 1. The summed E-state index contributed by atoms with van der Waals surface area (Å²) in [5, 5.41) is 0. The molecule has 0 aromatic heterocycles. The number of carbonyl (C=O) groups excluding carboxylic acids is 1. The third-order valence-electron chi connectivity index (χ3n) is 3.15. The van der Waals surface area contributed by atoms with Crippen LogP contribution in [0.15, 0.2) is 30.3 Å². The van der Waals surface area contributed by atoms with Gasteiger partial charge in [0.2, 0.25) is 5.91 Å². The minimum atomic E-state index is 0. The van der Waals surface area contributed by atoms with Gasteiger partial charge in [-0.25, -0.2) is 0 Å². The molecular weight excluding hydrogens is 276 g/mol. The molecule has 0 aliphatic carbocycles. The molecule has 20 heavy (non-hydrogen) atoms. The summed E-state index contributed by atoms with van der Waals surface area (Å²) in [4.78, 5) is 13.7. The van der Waals surface area contributed by atoms with Crippen LogP contribution in [0.4, 0.5) is 0 Å². The molecule has 0 radical (unpaired) electrons. The van der Waals surface area contributed by atoms with Gasteiger partial charge in [0.1, 0.15) is 5.75 Å². The Balaban J connectivity index is 0.00000200. The number of benzene rings is 1. The van der Waals surface area contributed by atoms with Crippen molar-refractivity contribution in [3.63, 3.8) is 0 Å². The normalized spacial score (nSPS) is 18.1. The van der Waals surface area contributed by atoms with Gasteiger partial charge in [-0.3, -0.25) is 4.79 Å². The third-order valence-corrected chi connectivity index (χ3v) is 3.15. The van der Waals surface area contributed by atoms with Crippen LogP contribution in [0.2, 0.25) is 0 Å². The van der Waals surface area contributed by atoms with E-state index in [-0.39, 0.29) is 24.4 Å². The second kappa shape index (κ2) is 7.92. The predicted octanol–water partition coefficient (Wildman–Crippen LogP) is 2.08. The second-order valence-electron chi connectivity index (χ2n) is 4.67. The summed E-state index contributed by atoms with van der Waals surface area (Å²) in [6.45, 7) is 4.02. The zero-order valence-corrected chi connectivity index (χ0v) is 12.4. The summed E-state index contributed by atoms with van der Waals surface area (Å²) in [5.74, 6) is 0.873. The maximum absolute atomic E-state index is 11.9. The Kier molecular flexibility index (Phi) is 6.55. The maximum Gasteiger partial charge on any atom is 0.246 e. The molecule has 2 N–H and O–H groups in total. The Morgan fingerprint density at radius 3 is 2.70 bits per heavy atom. The molecule has 1 amide bonds. The van der Waals surface area contributed by atoms with Gasteiger partial charge in [0.15, 0.2) is 0 Å². The van der Waals surface area contributed by atoms with E-state index in [1.165, 1.54) is 0 Å². The van der Waals surface area contributed by atoms with Crippen LogP contribution in [0.3, 0.4) is 0 Å². The summed E-state index contributed by atoms with van der Waals surface area (Å²) >= 11 is 0. The smallest absolute Gasteiger partial charge is 0.246 e. The van der Waals surface area contributed by atoms with Crippen LogP contribution in [0.25, 0.3) is 6.08 Å². The van der Waals surface area contributed by atoms with Gasteiger partial charge < -0.3 is 15.4 Å². The molecule has 1 aromatic carbocycles. The first kappa shape index (κ1) is 16.5. The van der Waals surface area contributed by atoms with Gasteiger partial charge in [-0.1, -0.05) is 12.1 Å². The highest BCUT2D eigenvalue weighted by molar-refractivity contribution is 5.92. The first-order valence-corrected chi connectivity index (χ1v) is 6.64. The summed E-state index contributed by atoms with van der Waals surface area (Å²) in [5.41, 5.74) is 6.77. The van der Waals surface area contributed by atoms with E-state index in [1.54, 1.807) is 11.0 Å². The SMILES string of the molecule is CCOc1ccc(C=CC(=O)N2CCC(N)C2)cc1.Cl. The standard InChI is InChI=1S/C15H20N2O2.ClH/c1-2-19-14-6-3-12(4-7-14)5-8-15(18)17-10-9-13(16)11-17;/h3-8,13H,2,9-11,16H2,1H3;1H. The lowest BCUT2D eigenvalue weighted by Gasteiger charge is -2.12. The van der Waals surface area contributed by atoms with E-state index >= 15 is 0 Å². The molecule has 1 aliphatic rings. The fourth-order valence-corrected chi connectivity index (χ4v) is 2.10. The summed E-state index contributed by atoms with van der Waals surface area (Å²) in [7, 11) is 0. The summed E-state index contributed by atoms with van der Waals surface area (Å²) in [6, 6.07) is 7.80. The lowest BCUT2D eigenvalue weighted by Crippen LogP contribution is -2.30. The first-order chi connectivity index (χ1) is 9.19. The lowest BCUT2D eigenvalue weighted by molar-refractivity contribution is -0.124. The molecule has 1 heterocycles. The molecule has 1 fully saturated rings. The Morgan fingerprint density at radius 1 is 1.45 bits per heavy atom. The largest absolute Gasteiger partial charge is 0.494 e. The fraction of sp³-hybridized carbons (Fsp3) is 0.400. The van der Waals surface area contributed by atoms with Crippen molar-refractivity contribution < 1.29 is 9.53 Å². The van der Waals surface area contributed by atoms with E-state index in [4.69, 9.17) is 10.5 Å². The van der Waals surface area contributed by atoms with Crippen LogP contribution >= 0.6 is 12.4 Å². The van der Waals surface area contributed by atoms with Crippen molar-refractivity contribution >= 4 is 24.4 Å².